The molecule has 1 aliphatic rings. The zero-order valence-corrected chi connectivity index (χ0v) is 22.1. The number of aryl methyl sites for hydroxylation is 1. The van der Waals surface area contributed by atoms with Crippen LogP contribution in [-0.4, -0.2) is 62.0 Å². The molecule has 2 aromatic carbocycles. The Labute approximate surface area is 224 Å². The van der Waals surface area contributed by atoms with Gasteiger partial charge in [0, 0.05) is 11.3 Å². The van der Waals surface area contributed by atoms with E-state index in [1.54, 1.807) is 19.2 Å². The van der Waals surface area contributed by atoms with E-state index in [1.807, 2.05) is 13.0 Å². The molecular formula is C27H28N4O8. The number of aromatic nitrogens is 2. The Morgan fingerprint density at radius 3 is 2.15 bits per heavy atom. The molecule has 0 spiro atoms. The number of anilines is 2. The lowest BCUT2D eigenvalue weighted by Crippen LogP contribution is -2.24. The fourth-order valence-corrected chi connectivity index (χ4v) is 4.42. The summed E-state index contributed by atoms with van der Waals surface area (Å²) < 4.78 is 21.7. The molecule has 3 aromatic rings. The van der Waals surface area contributed by atoms with Crippen LogP contribution in [0.25, 0.3) is 11.1 Å². The first-order valence-corrected chi connectivity index (χ1v) is 12.0. The number of ether oxygens (including phenoxy) is 4. The zero-order valence-electron chi connectivity index (χ0n) is 22.1. The molecule has 1 aliphatic heterocycles. The zero-order chi connectivity index (χ0) is 28.3. The lowest BCUT2D eigenvalue weighted by atomic mass is 10.0. The quantitative estimate of drug-likeness (QED) is 0.393. The van der Waals surface area contributed by atoms with E-state index in [0.717, 1.165) is 16.8 Å². The Balaban J connectivity index is 1.62. The topological polar surface area (TPSA) is 147 Å². The molecule has 0 saturated carbocycles. The molecule has 0 bridgehead atoms. The Kier molecular flexibility index (Phi) is 7.84. The molecule has 0 radical (unpaired) electrons. The van der Waals surface area contributed by atoms with Gasteiger partial charge in [-0.1, -0.05) is 13.0 Å². The number of methoxy groups -OCH3 is 4. The molecule has 0 saturated heterocycles. The number of rotatable bonds is 9. The van der Waals surface area contributed by atoms with Gasteiger partial charge in [-0.05, 0) is 42.3 Å². The van der Waals surface area contributed by atoms with Crippen LogP contribution in [0.3, 0.4) is 0 Å². The van der Waals surface area contributed by atoms with Crippen LogP contribution in [0.2, 0.25) is 0 Å². The summed E-state index contributed by atoms with van der Waals surface area (Å²) in [4.78, 5) is 50.1. The van der Waals surface area contributed by atoms with Crippen molar-refractivity contribution in [3.05, 3.63) is 53.2 Å². The highest BCUT2D eigenvalue weighted by Crippen LogP contribution is 2.41. The molecule has 1 atom stereocenters. The lowest BCUT2D eigenvalue weighted by Gasteiger charge is -2.12. The summed E-state index contributed by atoms with van der Waals surface area (Å²) in [6.45, 7) is 1.94. The number of carbonyl (C=O) groups is 4. The van der Waals surface area contributed by atoms with Crippen LogP contribution >= 0.6 is 0 Å². The molecule has 39 heavy (non-hydrogen) atoms. The summed E-state index contributed by atoms with van der Waals surface area (Å²) in [5, 5.41) is 10.1. The van der Waals surface area contributed by atoms with E-state index in [0.29, 0.717) is 23.7 Å². The predicted octanol–water partition coefficient (Wildman–Crippen LogP) is 3.22. The molecule has 204 valence electrons. The van der Waals surface area contributed by atoms with Crippen molar-refractivity contribution < 1.29 is 38.1 Å². The van der Waals surface area contributed by atoms with E-state index in [9.17, 15) is 19.2 Å². The highest BCUT2D eigenvalue weighted by atomic mass is 16.5. The number of hydrogen-bond acceptors (Lipinski definition) is 9. The Bertz CT molecular complexity index is 1430. The first kappa shape index (κ1) is 27.2. The number of benzene rings is 2. The number of nitrogens with zero attached hydrogens (tertiary/aromatic N) is 2. The summed E-state index contributed by atoms with van der Waals surface area (Å²) in [5.74, 6) is -0.740. The second kappa shape index (κ2) is 11.3. The summed E-state index contributed by atoms with van der Waals surface area (Å²) in [6.07, 6.45) is 0.333. The monoisotopic (exact) mass is 536 g/mol. The van der Waals surface area contributed by atoms with Crippen molar-refractivity contribution in [2.24, 2.45) is 0 Å². The largest absolute Gasteiger partial charge is 0.493 e. The standard InChI is InChI=1S/C27H28N4O8/c1-6-18-23(14-7-8-20(36-2)21(12-14)37-3)24-29-25(33)19(31(24)30-18)13-22(32)28-17-10-15(26(34)38-4)9-16(11-17)27(35)39-5/h7-12,19H,6,13H2,1-5H3,(H,28,32)(H,29,33). The fourth-order valence-electron chi connectivity index (χ4n) is 4.42. The third kappa shape index (κ3) is 5.26. The number of carbonyl (C=O) groups excluding carboxylic acids is 4. The SMILES string of the molecule is CCc1nn2c(c1-c1ccc(OC)c(OC)c1)NC(=O)C2CC(=O)Nc1cc(C(=O)OC)cc(C(=O)OC)c1. The number of fused-ring (bicyclic) bond motifs is 1. The molecule has 12 heteroatoms. The van der Waals surface area contributed by atoms with Crippen LogP contribution < -0.4 is 20.1 Å². The molecule has 0 fully saturated rings. The van der Waals surface area contributed by atoms with E-state index in [-0.39, 0.29) is 23.2 Å². The molecule has 0 aliphatic carbocycles. The van der Waals surface area contributed by atoms with E-state index in [4.69, 9.17) is 18.9 Å². The highest BCUT2D eigenvalue weighted by Gasteiger charge is 2.37. The molecule has 2 heterocycles. The van der Waals surface area contributed by atoms with Gasteiger partial charge >= 0.3 is 11.9 Å². The van der Waals surface area contributed by atoms with Gasteiger partial charge in [0.05, 0.1) is 51.7 Å². The average Bonchev–Trinajstić information content (AvgIpc) is 3.45. The summed E-state index contributed by atoms with van der Waals surface area (Å²) in [6, 6.07) is 8.54. The lowest BCUT2D eigenvalue weighted by molar-refractivity contribution is -0.123. The van der Waals surface area contributed by atoms with Gasteiger partial charge < -0.3 is 29.6 Å². The van der Waals surface area contributed by atoms with Crippen molar-refractivity contribution in [2.45, 2.75) is 25.8 Å². The van der Waals surface area contributed by atoms with Gasteiger partial charge in [-0.2, -0.15) is 5.10 Å². The van der Waals surface area contributed by atoms with E-state index >= 15 is 0 Å². The van der Waals surface area contributed by atoms with Crippen molar-refractivity contribution in [1.29, 1.82) is 0 Å². The summed E-state index contributed by atoms with van der Waals surface area (Å²) in [5.41, 5.74) is 2.50. The Hall–Kier alpha value is -4.87. The number of esters is 2. The predicted molar refractivity (Wildman–Crippen MR) is 140 cm³/mol. The van der Waals surface area contributed by atoms with Crippen LogP contribution in [-0.2, 0) is 25.5 Å². The van der Waals surface area contributed by atoms with Gasteiger partial charge in [-0.3, -0.25) is 9.59 Å². The molecular weight excluding hydrogens is 508 g/mol. The van der Waals surface area contributed by atoms with Gasteiger partial charge in [0.2, 0.25) is 5.91 Å². The minimum atomic E-state index is -0.914. The van der Waals surface area contributed by atoms with Gasteiger partial charge in [-0.25, -0.2) is 14.3 Å². The van der Waals surface area contributed by atoms with E-state index in [1.165, 1.54) is 44.2 Å². The maximum absolute atomic E-state index is 13.0. The van der Waals surface area contributed by atoms with Gasteiger partial charge in [0.1, 0.15) is 11.9 Å². The van der Waals surface area contributed by atoms with Crippen LogP contribution in [0.15, 0.2) is 36.4 Å². The smallest absolute Gasteiger partial charge is 0.337 e. The number of amides is 2. The maximum atomic E-state index is 13.0. The normalized spacial score (nSPS) is 13.8. The van der Waals surface area contributed by atoms with E-state index in [2.05, 4.69) is 15.7 Å². The van der Waals surface area contributed by atoms with Gasteiger partial charge in [-0.15, -0.1) is 0 Å². The molecule has 1 unspecified atom stereocenters. The van der Waals surface area contributed by atoms with Crippen molar-refractivity contribution in [3.8, 4) is 22.6 Å². The number of nitrogens with one attached hydrogen (secondary N) is 2. The highest BCUT2D eigenvalue weighted by molar-refractivity contribution is 6.05. The van der Waals surface area contributed by atoms with Gasteiger partial charge in [0.15, 0.2) is 11.5 Å². The van der Waals surface area contributed by atoms with Gasteiger partial charge in [0.25, 0.3) is 5.91 Å². The first-order valence-electron chi connectivity index (χ1n) is 12.0. The van der Waals surface area contributed by atoms with Crippen LogP contribution in [0.5, 0.6) is 11.5 Å². The third-order valence-corrected chi connectivity index (χ3v) is 6.27. The molecule has 1 aromatic heterocycles. The Morgan fingerprint density at radius 2 is 1.59 bits per heavy atom. The van der Waals surface area contributed by atoms with Crippen LogP contribution in [0.4, 0.5) is 11.5 Å². The molecule has 12 nitrogen and oxygen atoms in total. The van der Waals surface area contributed by atoms with Crippen molar-refractivity contribution in [1.82, 2.24) is 9.78 Å². The maximum Gasteiger partial charge on any atom is 0.337 e. The minimum Gasteiger partial charge on any atom is -0.493 e. The second-order valence-electron chi connectivity index (χ2n) is 8.58. The molecule has 4 rings (SSSR count). The van der Waals surface area contributed by atoms with Crippen LogP contribution in [0.1, 0.15) is 45.8 Å². The minimum absolute atomic E-state index is 0.0517. The second-order valence-corrected chi connectivity index (χ2v) is 8.58. The average molecular weight is 537 g/mol. The summed E-state index contributed by atoms with van der Waals surface area (Å²) >= 11 is 0. The van der Waals surface area contributed by atoms with Crippen molar-refractivity contribution >= 4 is 35.3 Å². The molecule has 2 N–H and O–H groups in total. The number of hydrogen-bond donors (Lipinski definition) is 2. The third-order valence-electron chi connectivity index (χ3n) is 6.27. The molecule has 2 amide bonds. The fraction of sp³-hybridized carbons (Fsp3) is 0.296. The van der Waals surface area contributed by atoms with Crippen molar-refractivity contribution in [3.63, 3.8) is 0 Å². The summed E-state index contributed by atoms with van der Waals surface area (Å²) in [7, 11) is 5.49. The van der Waals surface area contributed by atoms with E-state index < -0.39 is 29.8 Å². The van der Waals surface area contributed by atoms with Crippen LogP contribution in [0, 0.1) is 0 Å². The van der Waals surface area contributed by atoms with Crippen molar-refractivity contribution in [2.75, 3.05) is 39.1 Å². The Morgan fingerprint density at radius 1 is 0.949 bits per heavy atom. The first-order chi connectivity index (χ1) is 18.7.